The van der Waals surface area contributed by atoms with Crippen LogP contribution in [0, 0.1) is 0 Å². The van der Waals surface area contributed by atoms with Gasteiger partial charge in [0.15, 0.2) is 18.2 Å². The van der Waals surface area contributed by atoms with Gasteiger partial charge in [0.2, 0.25) is 0 Å². The Bertz CT molecular complexity index is 936. The highest BCUT2D eigenvalue weighted by atomic mass is 16.5. The van der Waals surface area contributed by atoms with Crippen LogP contribution in [0.3, 0.4) is 0 Å². The van der Waals surface area contributed by atoms with E-state index in [2.05, 4.69) is 20.1 Å². The highest BCUT2D eigenvalue weighted by molar-refractivity contribution is 5.78. The summed E-state index contributed by atoms with van der Waals surface area (Å²) in [4.78, 5) is 20.4. The minimum absolute atomic E-state index is 0.0212. The first-order valence-corrected chi connectivity index (χ1v) is 9.93. The molecule has 156 valence electrons. The highest BCUT2D eigenvalue weighted by Gasteiger charge is 2.22. The van der Waals surface area contributed by atoms with Crippen LogP contribution in [-0.2, 0) is 4.79 Å². The summed E-state index contributed by atoms with van der Waals surface area (Å²) in [7, 11) is 0. The van der Waals surface area contributed by atoms with Crippen molar-refractivity contribution in [3.8, 4) is 17.3 Å². The average Bonchev–Trinajstić information content (AvgIpc) is 3.34. The van der Waals surface area contributed by atoms with Gasteiger partial charge in [-0.15, -0.1) is 10.2 Å². The molecule has 9 heteroatoms. The fourth-order valence-corrected chi connectivity index (χ4v) is 3.24. The zero-order valence-electron chi connectivity index (χ0n) is 16.8. The Morgan fingerprint density at radius 1 is 0.933 bits per heavy atom. The number of carbonyl (C=O) groups excluding carboxylic acids is 1. The molecule has 0 unspecified atom stereocenters. The number of amides is 1. The van der Waals surface area contributed by atoms with Gasteiger partial charge in [-0.3, -0.25) is 9.36 Å². The highest BCUT2D eigenvalue weighted by Crippen LogP contribution is 2.18. The van der Waals surface area contributed by atoms with Gasteiger partial charge in [0, 0.05) is 38.6 Å². The molecule has 3 heterocycles. The molecule has 4 rings (SSSR count). The molecular formula is C21H24N6O3. The van der Waals surface area contributed by atoms with Gasteiger partial charge in [-0.2, -0.15) is 0 Å². The summed E-state index contributed by atoms with van der Waals surface area (Å²) in [5.41, 5.74) is 0. The summed E-state index contributed by atoms with van der Waals surface area (Å²) in [6.07, 6.45) is 5.21. The molecule has 1 aromatic carbocycles. The Morgan fingerprint density at radius 3 is 2.20 bits per heavy atom. The molecule has 1 aliphatic rings. The van der Waals surface area contributed by atoms with Gasteiger partial charge in [-0.05, 0) is 43.3 Å². The lowest BCUT2D eigenvalue weighted by molar-refractivity contribution is -0.133. The second-order valence-electron chi connectivity index (χ2n) is 6.78. The fraction of sp³-hybridized carbons (Fsp3) is 0.333. The second-order valence-corrected chi connectivity index (χ2v) is 6.78. The lowest BCUT2D eigenvalue weighted by Gasteiger charge is -2.35. The van der Waals surface area contributed by atoms with E-state index in [9.17, 15) is 4.79 Å². The predicted octanol–water partition coefficient (Wildman–Crippen LogP) is 1.79. The summed E-state index contributed by atoms with van der Waals surface area (Å²) in [5.74, 6) is 2.94. The Hall–Kier alpha value is -3.62. The van der Waals surface area contributed by atoms with Crippen LogP contribution >= 0.6 is 0 Å². The minimum atomic E-state index is -0.0231. The molecule has 0 bridgehead atoms. The zero-order valence-corrected chi connectivity index (χ0v) is 16.8. The first-order chi connectivity index (χ1) is 14.7. The number of carbonyl (C=O) groups is 1. The molecule has 0 aliphatic carbocycles. The summed E-state index contributed by atoms with van der Waals surface area (Å²) in [6.45, 7) is 5.22. The van der Waals surface area contributed by atoms with Crippen LogP contribution in [0.4, 0.5) is 5.82 Å². The smallest absolute Gasteiger partial charge is 0.260 e. The van der Waals surface area contributed by atoms with Crippen LogP contribution in [0.25, 0.3) is 5.82 Å². The minimum Gasteiger partial charge on any atom is -0.494 e. The maximum absolute atomic E-state index is 12.5. The topological polar surface area (TPSA) is 85.6 Å². The lowest BCUT2D eigenvalue weighted by Crippen LogP contribution is -2.50. The van der Waals surface area contributed by atoms with Gasteiger partial charge in [0.1, 0.15) is 17.8 Å². The van der Waals surface area contributed by atoms with Gasteiger partial charge >= 0.3 is 0 Å². The Labute approximate surface area is 174 Å². The number of nitrogens with zero attached hydrogens (tertiary/aromatic N) is 6. The van der Waals surface area contributed by atoms with Crippen LogP contribution in [0.1, 0.15) is 6.92 Å². The molecule has 0 atom stereocenters. The molecule has 9 nitrogen and oxygen atoms in total. The van der Waals surface area contributed by atoms with E-state index in [0.717, 1.165) is 17.4 Å². The van der Waals surface area contributed by atoms with Crippen molar-refractivity contribution in [2.75, 3.05) is 44.3 Å². The number of piperazine rings is 1. The number of benzene rings is 1. The standard InChI is InChI=1S/C21H24N6O3/c1-2-29-17-3-5-18(6-4-17)30-15-21(28)26-13-11-25(12-14-26)19-7-8-20(24-23-19)27-10-9-22-16-27/h3-10,16H,2,11-15H2,1H3. The molecule has 0 saturated carbocycles. The molecule has 2 aromatic heterocycles. The molecule has 1 fully saturated rings. The van der Waals surface area contributed by atoms with E-state index >= 15 is 0 Å². The van der Waals surface area contributed by atoms with Gasteiger partial charge in [0.25, 0.3) is 5.91 Å². The number of aromatic nitrogens is 4. The van der Waals surface area contributed by atoms with Gasteiger partial charge in [-0.25, -0.2) is 4.98 Å². The first-order valence-electron chi connectivity index (χ1n) is 9.93. The van der Waals surface area contributed by atoms with Crippen molar-refractivity contribution in [2.24, 2.45) is 0 Å². The third-order valence-electron chi connectivity index (χ3n) is 4.86. The van der Waals surface area contributed by atoms with E-state index in [4.69, 9.17) is 9.47 Å². The summed E-state index contributed by atoms with van der Waals surface area (Å²) >= 11 is 0. The largest absolute Gasteiger partial charge is 0.494 e. The van der Waals surface area contributed by atoms with E-state index in [-0.39, 0.29) is 12.5 Å². The fourth-order valence-electron chi connectivity index (χ4n) is 3.24. The van der Waals surface area contributed by atoms with Crippen LogP contribution in [0.15, 0.2) is 55.1 Å². The van der Waals surface area contributed by atoms with Gasteiger partial charge in [-0.1, -0.05) is 0 Å². The molecular weight excluding hydrogens is 384 g/mol. The number of rotatable bonds is 7. The zero-order chi connectivity index (χ0) is 20.8. The summed E-state index contributed by atoms with van der Waals surface area (Å²) < 4.78 is 12.8. The van der Waals surface area contributed by atoms with Crippen LogP contribution < -0.4 is 14.4 Å². The van der Waals surface area contributed by atoms with Crippen molar-refractivity contribution in [1.82, 2.24) is 24.6 Å². The van der Waals surface area contributed by atoms with Crippen molar-refractivity contribution in [3.05, 3.63) is 55.1 Å². The molecule has 0 radical (unpaired) electrons. The van der Waals surface area contributed by atoms with Crippen molar-refractivity contribution >= 4 is 11.7 Å². The Balaban J connectivity index is 1.25. The molecule has 1 amide bonds. The maximum atomic E-state index is 12.5. The molecule has 3 aromatic rings. The average molecular weight is 408 g/mol. The third kappa shape index (κ3) is 4.68. The quantitative estimate of drug-likeness (QED) is 0.589. The number of ether oxygens (including phenoxy) is 2. The van der Waals surface area contributed by atoms with Crippen LogP contribution in [-0.4, -0.2) is 69.9 Å². The third-order valence-corrected chi connectivity index (χ3v) is 4.86. The van der Waals surface area contributed by atoms with E-state index < -0.39 is 0 Å². The van der Waals surface area contributed by atoms with E-state index in [1.807, 2.05) is 54.4 Å². The second kappa shape index (κ2) is 9.25. The van der Waals surface area contributed by atoms with Crippen molar-refractivity contribution < 1.29 is 14.3 Å². The molecule has 1 aliphatic heterocycles. The van der Waals surface area contributed by atoms with E-state index in [1.54, 1.807) is 17.1 Å². The van der Waals surface area contributed by atoms with Crippen LogP contribution in [0.2, 0.25) is 0 Å². The number of imidazole rings is 1. The van der Waals surface area contributed by atoms with Crippen LogP contribution in [0.5, 0.6) is 11.5 Å². The lowest BCUT2D eigenvalue weighted by atomic mass is 10.3. The van der Waals surface area contributed by atoms with E-state index in [0.29, 0.717) is 38.5 Å². The summed E-state index contributed by atoms with van der Waals surface area (Å²) in [5, 5.41) is 8.57. The summed E-state index contributed by atoms with van der Waals surface area (Å²) in [6, 6.07) is 11.1. The monoisotopic (exact) mass is 408 g/mol. The normalized spacial score (nSPS) is 13.9. The molecule has 0 N–H and O–H groups in total. The Kier molecular flexibility index (Phi) is 6.07. The SMILES string of the molecule is CCOc1ccc(OCC(=O)N2CCN(c3ccc(-n4ccnc4)nn3)CC2)cc1. The Morgan fingerprint density at radius 2 is 1.60 bits per heavy atom. The number of anilines is 1. The number of hydrogen-bond donors (Lipinski definition) is 0. The van der Waals surface area contributed by atoms with E-state index in [1.165, 1.54) is 0 Å². The predicted molar refractivity (Wildman–Crippen MR) is 111 cm³/mol. The molecule has 30 heavy (non-hydrogen) atoms. The van der Waals surface area contributed by atoms with Crippen molar-refractivity contribution in [3.63, 3.8) is 0 Å². The van der Waals surface area contributed by atoms with Crippen molar-refractivity contribution in [2.45, 2.75) is 6.92 Å². The van der Waals surface area contributed by atoms with Crippen molar-refractivity contribution in [1.29, 1.82) is 0 Å². The first kappa shape index (κ1) is 19.7. The molecule has 1 saturated heterocycles. The maximum Gasteiger partial charge on any atom is 0.260 e. The van der Waals surface area contributed by atoms with Gasteiger partial charge in [0.05, 0.1) is 6.61 Å². The van der Waals surface area contributed by atoms with Gasteiger partial charge < -0.3 is 19.3 Å². The molecule has 0 spiro atoms. The number of hydrogen-bond acceptors (Lipinski definition) is 7.